The molecule has 98 valence electrons. The molecule has 1 aliphatic rings. The van der Waals surface area contributed by atoms with E-state index >= 15 is 0 Å². The van der Waals surface area contributed by atoms with Gasteiger partial charge < -0.3 is 15.8 Å². The lowest BCUT2D eigenvalue weighted by molar-refractivity contribution is 0.318. The van der Waals surface area contributed by atoms with Crippen molar-refractivity contribution in [1.82, 2.24) is 0 Å². The Bertz CT molecular complexity index is 454. The minimum atomic E-state index is 0.134. The number of anilines is 1. The largest absolute Gasteiger partial charge is 0.409 e. The van der Waals surface area contributed by atoms with E-state index < -0.39 is 0 Å². The van der Waals surface area contributed by atoms with Gasteiger partial charge in [-0.15, -0.1) is 0 Å². The zero-order valence-corrected chi connectivity index (χ0v) is 12.0. The molecule has 1 fully saturated rings. The summed E-state index contributed by atoms with van der Waals surface area (Å²) in [5, 5.41) is 11.7. The predicted molar refractivity (Wildman–Crippen MR) is 77.3 cm³/mol. The predicted octanol–water partition coefficient (Wildman–Crippen LogP) is 2.78. The van der Waals surface area contributed by atoms with Crippen LogP contribution in [0.3, 0.4) is 0 Å². The van der Waals surface area contributed by atoms with Gasteiger partial charge >= 0.3 is 0 Å². The monoisotopic (exact) mass is 311 g/mol. The highest BCUT2D eigenvalue weighted by molar-refractivity contribution is 9.10. The lowest BCUT2D eigenvalue weighted by Crippen LogP contribution is -2.33. The smallest absolute Gasteiger partial charge is 0.170 e. The standard InChI is InChI=1S/C13H18BrN3O/c1-9-4-6-17(7-5-9)12-3-2-10(8-11(12)14)13(15)16-18/h2-3,8-9,18H,4-7H2,1H3,(H2,15,16). The third-order valence-corrected chi connectivity index (χ3v) is 4.11. The zero-order valence-electron chi connectivity index (χ0n) is 10.4. The molecule has 5 heteroatoms. The van der Waals surface area contributed by atoms with Crippen molar-refractivity contribution in [3.8, 4) is 0 Å². The highest BCUT2D eigenvalue weighted by atomic mass is 79.9. The second-order valence-corrected chi connectivity index (χ2v) is 5.68. The first-order valence-corrected chi connectivity index (χ1v) is 6.93. The van der Waals surface area contributed by atoms with Crippen LogP contribution in [0.4, 0.5) is 5.69 Å². The molecular weight excluding hydrogens is 294 g/mol. The summed E-state index contributed by atoms with van der Waals surface area (Å²) in [4.78, 5) is 2.38. The number of amidine groups is 1. The molecule has 0 amide bonds. The van der Waals surface area contributed by atoms with Gasteiger partial charge in [-0.1, -0.05) is 12.1 Å². The first kappa shape index (κ1) is 13.2. The van der Waals surface area contributed by atoms with Crippen LogP contribution in [0.5, 0.6) is 0 Å². The summed E-state index contributed by atoms with van der Waals surface area (Å²) in [5.41, 5.74) is 7.47. The molecule has 0 spiro atoms. The zero-order chi connectivity index (χ0) is 13.1. The number of hydrogen-bond donors (Lipinski definition) is 2. The first-order chi connectivity index (χ1) is 8.61. The molecule has 0 aliphatic carbocycles. The Morgan fingerprint density at radius 2 is 2.11 bits per heavy atom. The van der Waals surface area contributed by atoms with Crippen LogP contribution in [0, 0.1) is 5.92 Å². The van der Waals surface area contributed by atoms with Gasteiger partial charge in [-0.3, -0.25) is 0 Å². The highest BCUT2D eigenvalue weighted by Crippen LogP contribution is 2.30. The molecule has 1 aliphatic heterocycles. The lowest BCUT2D eigenvalue weighted by atomic mass is 9.98. The molecule has 0 aromatic heterocycles. The van der Waals surface area contributed by atoms with E-state index in [4.69, 9.17) is 10.9 Å². The van der Waals surface area contributed by atoms with E-state index in [0.29, 0.717) is 0 Å². The van der Waals surface area contributed by atoms with Crippen LogP contribution in [0.25, 0.3) is 0 Å². The van der Waals surface area contributed by atoms with E-state index in [1.807, 2.05) is 18.2 Å². The molecule has 18 heavy (non-hydrogen) atoms. The van der Waals surface area contributed by atoms with Gasteiger partial charge in [0.15, 0.2) is 5.84 Å². The summed E-state index contributed by atoms with van der Waals surface area (Å²) in [6, 6.07) is 5.79. The summed E-state index contributed by atoms with van der Waals surface area (Å²) in [6.45, 7) is 4.47. The number of hydrogen-bond acceptors (Lipinski definition) is 3. The van der Waals surface area contributed by atoms with Crippen LogP contribution in [0.15, 0.2) is 27.8 Å². The Kier molecular flexibility index (Phi) is 4.11. The van der Waals surface area contributed by atoms with Gasteiger partial charge in [-0.05, 0) is 52.9 Å². The number of nitrogens with two attached hydrogens (primary N) is 1. The van der Waals surface area contributed by atoms with E-state index in [1.54, 1.807) is 0 Å². The lowest BCUT2D eigenvalue weighted by Gasteiger charge is -2.32. The summed E-state index contributed by atoms with van der Waals surface area (Å²) < 4.78 is 0.987. The van der Waals surface area contributed by atoms with Crippen molar-refractivity contribution in [1.29, 1.82) is 0 Å². The summed E-state index contributed by atoms with van der Waals surface area (Å²) in [5.74, 6) is 0.950. The first-order valence-electron chi connectivity index (χ1n) is 6.14. The molecule has 1 aromatic rings. The van der Waals surface area contributed by atoms with Crippen molar-refractivity contribution in [2.45, 2.75) is 19.8 Å². The fourth-order valence-corrected chi connectivity index (χ4v) is 2.86. The van der Waals surface area contributed by atoms with Crippen molar-refractivity contribution >= 4 is 27.5 Å². The van der Waals surface area contributed by atoms with Gasteiger partial charge in [0.1, 0.15) is 0 Å². The van der Waals surface area contributed by atoms with Crippen LogP contribution in [0.1, 0.15) is 25.3 Å². The molecule has 0 atom stereocenters. The van der Waals surface area contributed by atoms with Gasteiger partial charge in [-0.2, -0.15) is 0 Å². The number of oxime groups is 1. The van der Waals surface area contributed by atoms with E-state index in [0.717, 1.165) is 29.0 Å². The van der Waals surface area contributed by atoms with Gasteiger partial charge in [0.25, 0.3) is 0 Å². The Balaban J connectivity index is 2.20. The molecule has 1 aromatic carbocycles. The van der Waals surface area contributed by atoms with Crippen molar-refractivity contribution in [3.05, 3.63) is 28.2 Å². The molecule has 0 unspecified atom stereocenters. The third-order valence-electron chi connectivity index (χ3n) is 3.48. The maximum absolute atomic E-state index is 8.66. The van der Waals surface area contributed by atoms with Crippen LogP contribution >= 0.6 is 15.9 Å². The number of benzene rings is 1. The minimum Gasteiger partial charge on any atom is -0.409 e. The molecule has 0 radical (unpaired) electrons. The molecule has 3 N–H and O–H groups in total. The van der Waals surface area contributed by atoms with Crippen LogP contribution < -0.4 is 10.6 Å². The summed E-state index contributed by atoms with van der Waals surface area (Å²) in [6.07, 6.45) is 2.46. The Hall–Kier alpha value is -1.23. The fourth-order valence-electron chi connectivity index (χ4n) is 2.23. The van der Waals surface area contributed by atoms with E-state index in [-0.39, 0.29) is 5.84 Å². The number of halogens is 1. The SMILES string of the molecule is CC1CCN(c2ccc(/C(N)=N/O)cc2Br)CC1. The average Bonchev–Trinajstić information content (AvgIpc) is 2.39. The molecule has 2 rings (SSSR count). The molecule has 1 heterocycles. The minimum absolute atomic E-state index is 0.134. The van der Waals surface area contributed by atoms with Crippen LogP contribution in [-0.4, -0.2) is 24.1 Å². The number of rotatable bonds is 2. The third kappa shape index (κ3) is 2.77. The highest BCUT2D eigenvalue weighted by Gasteiger charge is 2.18. The van der Waals surface area contributed by atoms with Crippen molar-refractivity contribution in [3.63, 3.8) is 0 Å². The van der Waals surface area contributed by atoms with Gasteiger partial charge in [0, 0.05) is 23.1 Å². The number of piperidine rings is 1. The van der Waals surface area contributed by atoms with Gasteiger partial charge in [0.2, 0.25) is 0 Å². The van der Waals surface area contributed by atoms with Crippen molar-refractivity contribution in [2.24, 2.45) is 16.8 Å². The van der Waals surface area contributed by atoms with E-state index in [2.05, 4.69) is 32.9 Å². The van der Waals surface area contributed by atoms with E-state index in [1.165, 1.54) is 18.5 Å². The Labute approximate surface area is 116 Å². The van der Waals surface area contributed by atoms with E-state index in [9.17, 15) is 0 Å². The van der Waals surface area contributed by atoms with Crippen molar-refractivity contribution < 1.29 is 5.21 Å². The summed E-state index contributed by atoms with van der Waals surface area (Å²) >= 11 is 3.56. The molecular formula is C13H18BrN3O. The Morgan fingerprint density at radius 3 is 2.67 bits per heavy atom. The number of nitrogens with zero attached hydrogens (tertiary/aromatic N) is 2. The second-order valence-electron chi connectivity index (χ2n) is 4.82. The quantitative estimate of drug-likeness (QED) is 0.382. The normalized spacial score (nSPS) is 18.1. The van der Waals surface area contributed by atoms with Crippen LogP contribution in [-0.2, 0) is 0 Å². The maximum atomic E-state index is 8.66. The van der Waals surface area contributed by atoms with Gasteiger partial charge in [0.05, 0.1) is 5.69 Å². The second kappa shape index (κ2) is 5.61. The molecule has 4 nitrogen and oxygen atoms in total. The topological polar surface area (TPSA) is 61.8 Å². The fraction of sp³-hybridized carbons (Fsp3) is 0.462. The maximum Gasteiger partial charge on any atom is 0.170 e. The average molecular weight is 312 g/mol. The molecule has 0 bridgehead atoms. The van der Waals surface area contributed by atoms with Gasteiger partial charge in [-0.25, -0.2) is 0 Å². The summed E-state index contributed by atoms with van der Waals surface area (Å²) in [7, 11) is 0. The molecule has 1 saturated heterocycles. The van der Waals surface area contributed by atoms with Crippen LogP contribution in [0.2, 0.25) is 0 Å². The Morgan fingerprint density at radius 1 is 1.44 bits per heavy atom. The molecule has 0 saturated carbocycles. The van der Waals surface area contributed by atoms with Crippen molar-refractivity contribution in [2.75, 3.05) is 18.0 Å².